The van der Waals surface area contributed by atoms with Crippen LogP contribution in [-0.4, -0.2) is 55.1 Å². The zero-order valence-corrected chi connectivity index (χ0v) is 20.0. The van der Waals surface area contributed by atoms with E-state index in [1.807, 2.05) is 0 Å². The molecule has 0 saturated heterocycles. The number of aliphatic carboxylic acids is 1. The molecule has 0 saturated carbocycles. The molecule has 0 aliphatic rings. The van der Waals surface area contributed by atoms with Crippen LogP contribution in [0.25, 0.3) is 22.4 Å². The second-order valence-electron chi connectivity index (χ2n) is 8.11. The van der Waals surface area contributed by atoms with Crippen molar-refractivity contribution >= 4 is 23.5 Å². The van der Waals surface area contributed by atoms with Gasteiger partial charge in [0.1, 0.15) is 17.3 Å². The lowest BCUT2D eigenvalue weighted by Gasteiger charge is -2.24. The van der Waals surface area contributed by atoms with E-state index in [1.165, 1.54) is 30.3 Å². The first-order chi connectivity index (χ1) is 17.7. The van der Waals surface area contributed by atoms with E-state index in [9.17, 15) is 24.2 Å². The van der Waals surface area contributed by atoms with Crippen LogP contribution < -0.4 is 5.43 Å². The molecule has 0 aliphatic carbocycles. The molecule has 4 aromatic rings. The Morgan fingerprint density at radius 3 is 2.49 bits per heavy atom. The van der Waals surface area contributed by atoms with Gasteiger partial charge in [-0.05, 0) is 47.5 Å². The van der Waals surface area contributed by atoms with Gasteiger partial charge in [-0.25, -0.2) is 14.6 Å². The fourth-order valence-electron chi connectivity index (χ4n) is 3.58. The summed E-state index contributed by atoms with van der Waals surface area (Å²) in [4.78, 5) is 24.3. The Kier molecular flexibility index (Phi) is 7.83. The van der Waals surface area contributed by atoms with Crippen molar-refractivity contribution in [2.24, 2.45) is 0 Å². The SMILES string of the molecule is O=C(O)[C@H](O)CN(NCc1ccc(-c2cc(Cl)ccc2F)cc1)C(=O)c1cc(-c2ccccc2O)n[nH]1. The summed E-state index contributed by atoms with van der Waals surface area (Å²) in [7, 11) is 0. The number of aromatic nitrogens is 2. The molecule has 11 heteroatoms. The van der Waals surface area contributed by atoms with E-state index in [0.29, 0.717) is 33.0 Å². The summed E-state index contributed by atoms with van der Waals surface area (Å²) in [6.45, 7) is -0.457. The number of phenols is 1. The van der Waals surface area contributed by atoms with Crippen molar-refractivity contribution in [2.75, 3.05) is 6.54 Å². The van der Waals surface area contributed by atoms with Crippen LogP contribution in [0.5, 0.6) is 5.75 Å². The highest BCUT2D eigenvalue weighted by Crippen LogP contribution is 2.28. The molecule has 0 fully saturated rings. The number of amides is 1. The number of aliphatic hydroxyl groups is 1. The number of H-pyrrole nitrogens is 1. The largest absolute Gasteiger partial charge is 0.507 e. The molecule has 0 unspecified atom stereocenters. The molecule has 4 rings (SSSR count). The molecule has 0 radical (unpaired) electrons. The number of hydrazine groups is 1. The summed E-state index contributed by atoms with van der Waals surface area (Å²) in [5, 5.41) is 37.1. The number of benzene rings is 3. The molecule has 37 heavy (non-hydrogen) atoms. The lowest BCUT2D eigenvalue weighted by Crippen LogP contribution is -2.48. The van der Waals surface area contributed by atoms with Crippen LogP contribution >= 0.6 is 11.6 Å². The van der Waals surface area contributed by atoms with E-state index < -0.39 is 30.3 Å². The third-order valence-electron chi connectivity index (χ3n) is 5.54. The highest BCUT2D eigenvalue weighted by molar-refractivity contribution is 6.30. The summed E-state index contributed by atoms with van der Waals surface area (Å²) in [6.07, 6.45) is -1.84. The Balaban J connectivity index is 1.51. The van der Waals surface area contributed by atoms with E-state index in [4.69, 9.17) is 16.7 Å². The number of para-hydroxylation sites is 1. The molecule has 1 aromatic heterocycles. The zero-order valence-electron chi connectivity index (χ0n) is 19.2. The quantitative estimate of drug-likeness (QED) is 0.210. The molecule has 5 N–H and O–H groups in total. The predicted octanol–water partition coefficient (Wildman–Crippen LogP) is 3.83. The van der Waals surface area contributed by atoms with Crippen molar-refractivity contribution in [1.29, 1.82) is 0 Å². The molecule has 1 amide bonds. The van der Waals surface area contributed by atoms with Crippen molar-refractivity contribution < 1.29 is 29.3 Å². The molecule has 3 aromatic carbocycles. The number of halogens is 2. The number of nitrogens with one attached hydrogen (secondary N) is 2. The van der Waals surface area contributed by atoms with Gasteiger partial charge in [-0.3, -0.25) is 14.9 Å². The maximum absolute atomic E-state index is 14.2. The normalized spacial score (nSPS) is 11.8. The number of nitrogens with zero attached hydrogens (tertiary/aromatic N) is 2. The molecular formula is C26H22ClFN4O5. The number of carbonyl (C=O) groups is 2. The van der Waals surface area contributed by atoms with Gasteiger partial charge in [0, 0.05) is 22.7 Å². The highest BCUT2D eigenvalue weighted by atomic mass is 35.5. The van der Waals surface area contributed by atoms with Crippen molar-refractivity contribution in [2.45, 2.75) is 12.6 Å². The van der Waals surface area contributed by atoms with Gasteiger partial charge in [0.05, 0.1) is 12.2 Å². The van der Waals surface area contributed by atoms with Crippen LogP contribution in [-0.2, 0) is 11.3 Å². The molecule has 0 aliphatic heterocycles. The molecule has 1 atom stereocenters. The minimum atomic E-state index is -1.84. The van der Waals surface area contributed by atoms with Gasteiger partial charge in [0.25, 0.3) is 5.91 Å². The van der Waals surface area contributed by atoms with Crippen LogP contribution in [0.4, 0.5) is 4.39 Å². The van der Waals surface area contributed by atoms with Crippen molar-refractivity contribution in [3.05, 3.63) is 94.9 Å². The van der Waals surface area contributed by atoms with Crippen LogP contribution in [0, 0.1) is 5.82 Å². The molecule has 1 heterocycles. The molecule has 190 valence electrons. The number of phenolic OH excluding ortho intramolecular Hbond substituents is 1. The standard InChI is InChI=1S/C26H22ClFN4O5/c27-17-9-10-20(28)19(11-17)16-7-5-15(6-8-16)13-29-32(14-24(34)26(36)37)25(35)22-12-21(30-31-22)18-3-1-2-4-23(18)33/h1-12,24,29,33-34H,13-14H2,(H,30,31)(H,36,37)/t24-/m1/s1. The van der Waals surface area contributed by atoms with Crippen molar-refractivity contribution in [3.63, 3.8) is 0 Å². The lowest BCUT2D eigenvalue weighted by atomic mass is 10.0. The second kappa shape index (κ2) is 11.2. The molecule has 0 spiro atoms. The van der Waals surface area contributed by atoms with Crippen LogP contribution in [0.2, 0.25) is 5.02 Å². The summed E-state index contributed by atoms with van der Waals surface area (Å²) in [6, 6.07) is 18.9. The average molecular weight is 525 g/mol. The molecule has 0 bridgehead atoms. The first-order valence-electron chi connectivity index (χ1n) is 11.1. The summed E-state index contributed by atoms with van der Waals surface area (Å²) < 4.78 is 14.2. The van der Waals surface area contributed by atoms with Crippen LogP contribution in [0.1, 0.15) is 16.1 Å². The number of rotatable bonds is 9. The third kappa shape index (κ3) is 6.12. The minimum absolute atomic E-state index is 0.00937. The fraction of sp³-hybridized carbons (Fsp3) is 0.115. The maximum Gasteiger partial charge on any atom is 0.334 e. The Morgan fingerprint density at radius 1 is 1.05 bits per heavy atom. The number of aromatic amines is 1. The van der Waals surface area contributed by atoms with E-state index in [0.717, 1.165) is 5.01 Å². The summed E-state index contributed by atoms with van der Waals surface area (Å²) in [5.74, 6) is -2.61. The number of hydrogen-bond donors (Lipinski definition) is 5. The monoisotopic (exact) mass is 524 g/mol. The van der Waals surface area contributed by atoms with Gasteiger partial charge in [0.15, 0.2) is 6.10 Å². The Labute approximate surface area is 215 Å². The van der Waals surface area contributed by atoms with Gasteiger partial charge in [-0.1, -0.05) is 48.0 Å². The zero-order chi connectivity index (χ0) is 26.5. The van der Waals surface area contributed by atoms with Gasteiger partial charge in [-0.15, -0.1) is 0 Å². The van der Waals surface area contributed by atoms with Gasteiger partial charge >= 0.3 is 5.97 Å². The predicted molar refractivity (Wildman–Crippen MR) is 134 cm³/mol. The van der Waals surface area contributed by atoms with E-state index >= 15 is 0 Å². The minimum Gasteiger partial charge on any atom is -0.507 e. The molecular weight excluding hydrogens is 503 g/mol. The number of carboxylic acid groups (broad SMARTS) is 1. The Morgan fingerprint density at radius 2 is 1.78 bits per heavy atom. The lowest BCUT2D eigenvalue weighted by molar-refractivity contribution is -0.147. The Bertz CT molecular complexity index is 1430. The van der Waals surface area contributed by atoms with E-state index in [2.05, 4.69) is 15.6 Å². The second-order valence-corrected chi connectivity index (χ2v) is 8.55. The highest BCUT2D eigenvalue weighted by Gasteiger charge is 2.25. The van der Waals surface area contributed by atoms with Crippen molar-refractivity contribution in [3.8, 4) is 28.1 Å². The molecule has 9 nitrogen and oxygen atoms in total. The van der Waals surface area contributed by atoms with Crippen LogP contribution in [0.15, 0.2) is 72.8 Å². The topological polar surface area (TPSA) is 139 Å². The number of aromatic hydroxyl groups is 1. The van der Waals surface area contributed by atoms with Crippen molar-refractivity contribution in [1.82, 2.24) is 20.6 Å². The summed E-state index contributed by atoms with van der Waals surface area (Å²) in [5.41, 5.74) is 5.20. The smallest absolute Gasteiger partial charge is 0.334 e. The van der Waals surface area contributed by atoms with E-state index in [-0.39, 0.29) is 18.0 Å². The number of carbonyl (C=O) groups excluding carboxylic acids is 1. The number of hydrogen-bond acceptors (Lipinski definition) is 6. The third-order valence-corrected chi connectivity index (χ3v) is 5.78. The first kappa shape index (κ1) is 25.8. The Hall–Kier alpha value is -4.25. The van der Waals surface area contributed by atoms with E-state index in [1.54, 1.807) is 42.5 Å². The van der Waals surface area contributed by atoms with Crippen LogP contribution in [0.3, 0.4) is 0 Å². The van der Waals surface area contributed by atoms with Gasteiger partial charge in [0.2, 0.25) is 0 Å². The fourth-order valence-corrected chi connectivity index (χ4v) is 3.75. The number of carboxylic acids is 1. The summed E-state index contributed by atoms with van der Waals surface area (Å²) >= 11 is 5.97. The maximum atomic E-state index is 14.2. The van der Waals surface area contributed by atoms with Gasteiger partial charge in [-0.2, -0.15) is 5.10 Å². The number of aliphatic hydroxyl groups excluding tert-OH is 1. The first-order valence-corrected chi connectivity index (χ1v) is 11.4. The van der Waals surface area contributed by atoms with Gasteiger partial charge < -0.3 is 15.3 Å². The average Bonchev–Trinajstić information content (AvgIpc) is 3.38.